The quantitative estimate of drug-likeness (QED) is 0.482. The number of pyridine rings is 1. The van der Waals surface area contributed by atoms with Gasteiger partial charge in [0.05, 0.1) is 15.5 Å². The van der Waals surface area contributed by atoms with Crippen molar-refractivity contribution in [2.45, 2.75) is 36.1 Å². The minimum Gasteiger partial charge on any atom is -0.399 e. The normalized spacial score (nSPS) is 13.1. The van der Waals surface area contributed by atoms with Gasteiger partial charge in [-0.25, -0.2) is 13.4 Å². The van der Waals surface area contributed by atoms with Gasteiger partial charge in [-0.3, -0.25) is 0 Å². The molecule has 6 nitrogen and oxygen atoms in total. The van der Waals surface area contributed by atoms with Crippen molar-refractivity contribution < 1.29 is 8.42 Å². The smallest absolute Gasteiger partial charge is 0.206 e. The number of nitrogens with two attached hydrogens (primary N) is 2. The van der Waals surface area contributed by atoms with Gasteiger partial charge in [0.2, 0.25) is 9.84 Å². The molecule has 0 aliphatic rings. The number of aromatic nitrogens is 1. The first-order valence-corrected chi connectivity index (χ1v) is 10.8. The van der Waals surface area contributed by atoms with Gasteiger partial charge in [-0.15, -0.1) is 0 Å². The Morgan fingerprint density at radius 2 is 1.73 bits per heavy atom. The zero-order valence-electron chi connectivity index (χ0n) is 15.0. The van der Waals surface area contributed by atoms with Crippen LogP contribution in [0.25, 0.3) is 0 Å². The van der Waals surface area contributed by atoms with Crippen molar-refractivity contribution in [3.8, 4) is 0 Å². The van der Waals surface area contributed by atoms with E-state index in [1.54, 1.807) is 18.2 Å². The van der Waals surface area contributed by atoms with E-state index in [0.717, 1.165) is 19.6 Å². The maximum atomic E-state index is 12.9. The lowest BCUT2D eigenvalue weighted by Crippen LogP contribution is -2.27. The van der Waals surface area contributed by atoms with Crippen LogP contribution in [-0.4, -0.2) is 37.9 Å². The first-order chi connectivity index (χ1) is 12.3. The summed E-state index contributed by atoms with van der Waals surface area (Å²) in [5, 5.41) is 0. The Labute approximate surface area is 163 Å². The largest absolute Gasteiger partial charge is 0.399 e. The Morgan fingerprint density at radius 3 is 2.31 bits per heavy atom. The number of hydrogen-bond acceptors (Lipinski definition) is 6. The molecule has 0 amide bonds. The zero-order valence-corrected chi connectivity index (χ0v) is 17.4. The van der Waals surface area contributed by atoms with E-state index in [2.05, 4.69) is 39.7 Å². The number of halogens is 1. The van der Waals surface area contributed by atoms with Crippen molar-refractivity contribution in [1.29, 1.82) is 0 Å². The Bertz CT molecular complexity index is 837. The lowest BCUT2D eigenvalue weighted by atomic mass is 10.1. The van der Waals surface area contributed by atoms with Crippen LogP contribution >= 0.6 is 15.9 Å². The third-order valence-corrected chi connectivity index (χ3v) is 6.47. The minimum atomic E-state index is -3.67. The van der Waals surface area contributed by atoms with Gasteiger partial charge in [0, 0.05) is 11.7 Å². The van der Waals surface area contributed by atoms with E-state index in [4.69, 9.17) is 11.5 Å². The first kappa shape index (κ1) is 20.8. The molecule has 26 heavy (non-hydrogen) atoms. The molecule has 0 aliphatic carbocycles. The Balaban J connectivity index is 2.30. The van der Waals surface area contributed by atoms with Crippen molar-refractivity contribution in [2.24, 2.45) is 5.73 Å². The highest BCUT2D eigenvalue weighted by molar-refractivity contribution is 9.10. The lowest BCUT2D eigenvalue weighted by Gasteiger charge is -2.20. The van der Waals surface area contributed by atoms with Crippen molar-refractivity contribution in [1.82, 2.24) is 9.88 Å². The maximum Gasteiger partial charge on any atom is 0.206 e. The van der Waals surface area contributed by atoms with E-state index in [9.17, 15) is 8.42 Å². The van der Waals surface area contributed by atoms with E-state index in [1.165, 1.54) is 18.2 Å². The second-order valence-corrected chi connectivity index (χ2v) is 8.81. The molecule has 1 heterocycles. The predicted molar refractivity (Wildman–Crippen MR) is 108 cm³/mol. The molecule has 8 heteroatoms. The third-order valence-electron chi connectivity index (χ3n) is 4.32. The van der Waals surface area contributed by atoms with Crippen molar-refractivity contribution >= 4 is 31.5 Å². The molecule has 2 aromatic rings. The van der Waals surface area contributed by atoms with Gasteiger partial charge in [0.15, 0.2) is 0 Å². The van der Waals surface area contributed by atoms with Crippen LogP contribution < -0.4 is 11.5 Å². The van der Waals surface area contributed by atoms with Crippen molar-refractivity contribution in [3.05, 3.63) is 46.7 Å². The van der Waals surface area contributed by atoms with Gasteiger partial charge in [-0.05, 0) is 78.4 Å². The fourth-order valence-electron chi connectivity index (χ4n) is 2.63. The summed E-state index contributed by atoms with van der Waals surface area (Å²) in [5.74, 6) is 0. The van der Waals surface area contributed by atoms with Gasteiger partial charge in [0.25, 0.3) is 0 Å². The Kier molecular flexibility index (Phi) is 7.16. The number of rotatable bonds is 8. The van der Waals surface area contributed by atoms with Crippen LogP contribution in [0.4, 0.5) is 5.69 Å². The molecule has 0 fully saturated rings. The summed E-state index contributed by atoms with van der Waals surface area (Å²) in [5.41, 5.74) is 13.0. The molecule has 0 spiro atoms. The molecule has 0 radical (unpaired) electrons. The molecule has 142 valence electrons. The van der Waals surface area contributed by atoms with Crippen molar-refractivity contribution in [3.63, 3.8) is 0 Å². The predicted octanol–water partition coefficient (Wildman–Crippen LogP) is 2.99. The van der Waals surface area contributed by atoms with Gasteiger partial charge in [-0.1, -0.05) is 13.8 Å². The molecular weight excluding hydrogens is 416 g/mol. The van der Waals surface area contributed by atoms with Gasteiger partial charge in [-0.2, -0.15) is 0 Å². The van der Waals surface area contributed by atoms with Crippen LogP contribution in [0.5, 0.6) is 0 Å². The van der Waals surface area contributed by atoms with E-state index in [0.29, 0.717) is 22.4 Å². The van der Waals surface area contributed by atoms with E-state index < -0.39 is 9.84 Å². The second kappa shape index (κ2) is 8.94. The summed E-state index contributed by atoms with van der Waals surface area (Å²) in [6, 6.07) is 8.85. The zero-order chi connectivity index (χ0) is 19.3. The molecular formula is C18H25BrN4O2S. The molecule has 0 aliphatic heterocycles. The van der Waals surface area contributed by atoms with Crippen molar-refractivity contribution in [2.75, 3.05) is 25.4 Å². The molecule has 2 rings (SSSR count). The minimum absolute atomic E-state index is 0.164. The molecule has 1 aromatic heterocycles. The highest BCUT2D eigenvalue weighted by Crippen LogP contribution is 2.26. The summed E-state index contributed by atoms with van der Waals surface area (Å²) in [7, 11) is -3.67. The van der Waals surface area contributed by atoms with Crippen LogP contribution in [0.1, 0.15) is 32.0 Å². The molecule has 1 aromatic carbocycles. The first-order valence-electron chi connectivity index (χ1n) is 8.54. The van der Waals surface area contributed by atoms with Gasteiger partial charge < -0.3 is 16.4 Å². The summed E-state index contributed by atoms with van der Waals surface area (Å²) in [6.07, 6.45) is 0.701. The van der Waals surface area contributed by atoms with Crippen LogP contribution in [0.15, 0.2) is 50.8 Å². The second-order valence-electron chi connectivity index (χ2n) is 6.04. The number of nitrogen functional groups attached to an aromatic ring is 1. The lowest BCUT2D eigenvalue weighted by molar-refractivity contribution is 0.290. The highest BCUT2D eigenvalue weighted by Gasteiger charge is 2.21. The Hall–Kier alpha value is -1.48. The molecule has 0 bridgehead atoms. The summed E-state index contributed by atoms with van der Waals surface area (Å²) >= 11 is 3.30. The average molecular weight is 441 g/mol. The summed E-state index contributed by atoms with van der Waals surface area (Å²) in [4.78, 5) is 6.99. The fourth-order valence-corrected chi connectivity index (χ4v) is 4.54. The standard InChI is InChI=1S/C18H25BrN4O2S/c1-3-23(4-2)10-9-16(21)17-11-15(12-18(19)22-17)26(24,25)14-7-5-13(20)6-8-14/h5-8,11-12,16H,3-4,9-10,20-21H2,1-2H3. The number of benzene rings is 1. The van der Waals surface area contributed by atoms with Gasteiger partial charge in [0.1, 0.15) is 4.60 Å². The highest BCUT2D eigenvalue weighted by atomic mass is 79.9. The average Bonchev–Trinajstić information content (AvgIpc) is 2.62. The van der Waals surface area contributed by atoms with Crippen LogP contribution in [0.2, 0.25) is 0 Å². The van der Waals surface area contributed by atoms with Gasteiger partial charge >= 0.3 is 0 Å². The van der Waals surface area contributed by atoms with E-state index >= 15 is 0 Å². The fraction of sp³-hybridized carbons (Fsp3) is 0.389. The Morgan fingerprint density at radius 1 is 1.12 bits per heavy atom. The summed E-state index contributed by atoms with van der Waals surface area (Å²) in [6.45, 7) is 6.94. The van der Waals surface area contributed by atoms with Crippen LogP contribution in [0, 0.1) is 0 Å². The monoisotopic (exact) mass is 440 g/mol. The third kappa shape index (κ3) is 5.03. The number of sulfone groups is 1. The van der Waals surface area contributed by atoms with Crippen LogP contribution in [0.3, 0.4) is 0 Å². The van der Waals surface area contributed by atoms with E-state index in [-0.39, 0.29) is 15.8 Å². The molecule has 1 atom stereocenters. The number of hydrogen-bond donors (Lipinski definition) is 2. The molecule has 0 saturated heterocycles. The number of anilines is 1. The molecule has 0 saturated carbocycles. The number of nitrogens with zero attached hydrogens (tertiary/aromatic N) is 2. The molecule has 1 unspecified atom stereocenters. The van der Waals surface area contributed by atoms with E-state index in [1.807, 2.05) is 0 Å². The van der Waals surface area contributed by atoms with Crippen LogP contribution in [-0.2, 0) is 9.84 Å². The topological polar surface area (TPSA) is 102 Å². The maximum absolute atomic E-state index is 12.9. The SMILES string of the molecule is CCN(CC)CCC(N)c1cc(S(=O)(=O)c2ccc(N)cc2)cc(Br)n1. The molecule has 4 N–H and O–H groups in total. The summed E-state index contributed by atoms with van der Waals surface area (Å²) < 4.78 is 26.2.